The quantitative estimate of drug-likeness (QED) is 0.287. The predicted molar refractivity (Wildman–Crippen MR) is 164 cm³/mol. The molecule has 1 atom stereocenters. The fraction of sp³-hybridized carbons (Fsp3) is 0.355. The van der Waals surface area contributed by atoms with Gasteiger partial charge in [0.15, 0.2) is 0 Å². The minimum Gasteiger partial charge on any atom is -0.352 e. The average Bonchev–Trinajstić information content (AvgIpc) is 2.96. The number of hydrogen-bond acceptors (Lipinski definition) is 4. The Bertz CT molecular complexity index is 1480. The molecule has 1 aliphatic rings. The smallest absolute Gasteiger partial charge is 0.264 e. The number of carbonyl (C=O) groups is 2. The Morgan fingerprint density at radius 2 is 1.66 bits per heavy atom. The molecule has 41 heavy (non-hydrogen) atoms. The number of carbonyl (C=O) groups excluding carboxylic acids is 2. The van der Waals surface area contributed by atoms with Crippen LogP contribution < -0.4 is 9.62 Å². The van der Waals surface area contributed by atoms with E-state index in [1.165, 1.54) is 17.0 Å². The number of hydrogen-bond donors (Lipinski definition) is 1. The zero-order chi connectivity index (χ0) is 29.6. The van der Waals surface area contributed by atoms with E-state index in [1.807, 2.05) is 13.0 Å². The van der Waals surface area contributed by atoms with Crippen molar-refractivity contribution >= 4 is 50.7 Å². The molecule has 4 rings (SSSR count). The number of nitrogens with zero attached hydrogens (tertiary/aromatic N) is 2. The van der Waals surface area contributed by atoms with Crippen molar-refractivity contribution in [1.29, 1.82) is 0 Å². The summed E-state index contributed by atoms with van der Waals surface area (Å²) in [6, 6.07) is 19.1. The summed E-state index contributed by atoms with van der Waals surface area (Å²) in [4.78, 5) is 28.9. The Kier molecular flexibility index (Phi) is 10.3. The molecule has 0 heterocycles. The van der Waals surface area contributed by atoms with Gasteiger partial charge in [-0.05, 0) is 74.2 Å². The van der Waals surface area contributed by atoms with Gasteiger partial charge in [-0.25, -0.2) is 8.42 Å². The first kappa shape index (κ1) is 30.9. The maximum Gasteiger partial charge on any atom is 0.264 e. The molecule has 0 aromatic heterocycles. The topological polar surface area (TPSA) is 86.8 Å². The molecule has 3 aromatic rings. The van der Waals surface area contributed by atoms with Gasteiger partial charge in [0.05, 0.1) is 10.6 Å². The fourth-order valence-corrected chi connectivity index (χ4v) is 6.91. The molecule has 1 N–H and O–H groups in total. The van der Waals surface area contributed by atoms with Crippen molar-refractivity contribution in [2.45, 2.75) is 69.5 Å². The largest absolute Gasteiger partial charge is 0.352 e. The summed E-state index contributed by atoms with van der Waals surface area (Å²) in [7, 11) is -4.11. The first-order valence-electron chi connectivity index (χ1n) is 13.7. The van der Waals surface area contributed by atoms with Crippen LogP contribution in [0, 0.1) is 6.92 Å². The molecule has 218 valence electrons. The Morgan fingerprint density at radius 1 is 0.951 bits per heavy atom. The third-order valence-electron chi connectivity index (χ3n) is 7.37. The van der Waals surface area contributed by atoms with Gasteiger partial charge in [0.1, 0.15) is 12.6 Å². The van der Waals surface area contributed by atoms with Crippen molar-refractivity contribution in [3.8, 4) is 0 Å². The van der Waals surface area contributed by atoms with Gasteiger partial charge in [0.25, 0.3) is 10.0 Å². The van der Waals surface area contributed by atoms with Crippen molar-refractivity contribution in [3.05, 3.63) is 94.0 Å². The molecule has 0 unspecified atom stereocenters. The summed E-state index contributed by atoms with van der Waals surface area (Å²) in [5.41, 5.74) is 1.79. The maximum atomic E-state index is 14.1. The lowest BCUT2D eigenvalue weighted by molar-refractivity contribution is -0.139. The third kappa shape index (κ3) is 7.82. The molecule has 1 aliphatic carbocycles. The number of benzene rings is 3. The van der Waals surface area contributed by atoms with Gasteiger partial charge in [-0.3, -0.25) is 13.9 Å². The van der Waals surface area contributed by atoms with E-state index < -0.39 is 28.5 Å². The van der Waals surface area contributed by atoms with Crippen LogP contribution in [0.5, 0.6) is 0 Å². The number of sulfonamides is 1. The number of halogens is 2. The second kappa shape index (κ2) is 13.7. The first-order chi connectivity index (χ1) is 19.6. The molecule has 1 saturated carbocycles. The van der Waals surface area contributed by atoms with Crippen LogP contribution in [-0.2, 0) is 26.2 Å². The number of amides is 2. The van der Waals surface area contributed by atoms with Crippen LogP contribution in [0.25, 0.3) is 0 Å². The van der Waals surface area contributed by atoms with Crippen molar-refractivity contribution in [1.82, 2.24) is 10.2 Å². The number of anilines is 1. The van der Waals surface area contributed by atoms with Crippen molar-refractivity contribution < 1.29 is 18.0 Å². The first-order valence-corrected chi connectivity index (χ1v) is 15.9. The standard InChI is InChI=1S/C31H35Cl2N3O4S/c1-22-10-9-13-27(18-22)36(41(39,40)28-14-7-4-8-15-28)21-30(37)35(20-24-16-17-25(32)19-29(24)33)23(2)31(38)34-26-11-5-3-6-12-26/h4,7-10,13-19,23,26H,3,5-6,11-12,20-21H2,1-2H3,(H,34,38)/t23-/m0/s1. The number of nitrogens with one attached hydrogen (secondary N) is 1. The van der Waals surface area contributed by atoms with Gasteiger partial charge in [-0.1, -0.05) is 78.9 Å². The Balaban J connectivity index is 1.69. The molecule has 2 amide bonds. The van der Waals surface area contributed by atoms with Crippen LogP contribution in [0.15, 0.2) is 77.7 Å². The Labute approximate surface area is 252 Å². The van der Waals surface area contributed by atoms with E-state index in [-0.39, 0.29) is 23.4 Å². The van der Waals surface area contributed by atoms with Crippen LogP contribution in [0.2, 0.25) is 10.0 Å². The van der Waals surface area contributed by atoms with Crippen LogP contribution in [0.4, 0.5) is 5.69 Å². The molecular weight excluding hydrogens is 581 g/mol. The van der Waals surface area contributed by atoms with Crippen LogP contribution in [0.3, 0.4) is 0 Å². The SMILES string of the molecule is Cc1cccc(N(CC(=O)N(Cc2ccc(Cl)cc2Cl)[C@@H](C)C(=O)NC2CCCCC2)S(=O)(=O)c2ccccc2)c1. The molecule has 3 aromatic carbocycles. The van der Waals surface area contributed by atoms with Crippen molar-refractivity contribution in [2.24, 2.45) is 0 Å². The van der Waals surface area contributed by atoms with E-state index in [2.05, 4.69) is 5.32 Å². The lowest BCUT2D eigenvalue weighted by atomic mass is 9.95. The van der Waals surface area contributed by atoms with Gasteiger partial charge in [-0.2, -0.15) is 0 Å². The van der Waals surface area contributed by atoms with Crippen LogP contribution >= 0.6 is 23.2 Å². The van der Waals surface area contributed by atoms with E-state index in [4.69, 9.17) is 23.2 Å². The van der Waals surface area contributed by atoms with E-state index >= 15 is 0 Å². The third-order valence-corrected chi connectivity index (χ3v) is 9.75. The van der Waals surface area contributed by atoms with E-state index in [0.29, 0.717) is 21.3 Å². The zero-order valence-corrected chi connectivity index (χ0v) is 25.6. The Hall–Kier alpha value is -3.07. The molecule has 10 heteroatoms. The van der Waals surface area contributed by atoms with Gasteiger partial charge in [0.2, 0.25) is 11.8 Å². The van der Waals surface area contributed by atoms with Gasteiger partial charge < -0.3 is 10.2 Å². The monoisotopic (exact) mass is 615 g/mol. The Morgan fingerprint density at radius 3 is 2.32 bits per heavy atom. The highest BCUT2D eigenvalue weighted by Crippen LogP contribution is 2.27. The lowest BCUT2D eigenvalue weighted by Crippen LogP contribution is -2.53. The lowest BCUT2D eigenvalue weighted by Gasteiger charge is -2.33. The van der Waals surface area contributed by atoms with Gasteiger partial charge in [-0.15, -0.1) is 0 Å². The van der Waals surface area contributed by atoms with Crippen LogP contribution in [-0.4, -0.2) is 43.8 Å². The van der Waals surface area contributed by atoms with E-state index in [1.54, 1.807) is 61.5 Å². The van der Waals surface area contributed by atoms with Crippen molar-refractivity contribution in [3.63, 3.8) is 0 Å². The number of rotatable bonds is 10. The highest BCUT2D eigenvalue weighted by Gasteiger charge is 2.33. The average molecular weight is 617 g/mol. The molecule has 0 bridgehead atoms. The fourth-order valence-electron chi connectivity index (χ4n) is 5.02. The number of aryl methyl sites for hydroxylation is 1. The molecule has 0 spiro atoms. The minimum absolute atomic E-state index is 0.00112. The minimum atomic E-state index is -4.11. The summed E-state index contributed by atoms with van der Waals surface area (Å²) in [6.07, 6.45) is 5.03. The second-order valence-electron chi connectivity index (χ2n) is 10.4. The highest BCUT2D eigenvalue weighted by molar-refractivity contribution is 7.92. The van der Waals surface area contributed by atoms with Gasteiger partial charge in [0, 0.05) is 22.6 Å². The summed E-state index contributed by atoms with van der Waals surface area (Å²) in [5, 5.41) is 3.89. The summed E-state index contributed by atoms with van der Waals surface area (Å²) in [6.45, 7) is 3.00. The highest BCUT2D eigenvalue weighted by atomic mass is 35.5. The van der Waals surface area contributed by atoms with Gasteiger partial charge >= 0.3 is 0 Å². The maximum absolute atomic E-state index is 14.1. The van der Waals surface area contributed by atoms with Crippen molar-refractivity contribution in [2.75, 3.05) is 10.8 Å². The summed E-state index contributed by atoms with van der Waals surface area (Å²) >= 11 is 12.6. The molecular formula is C31H35Cl2N3O4S. The molecule has 1 fully saturated rings. The normalized spacial score (nSPS) is 14.7. The zero-order valence-electron chi connectivity index (χ0n) is 23.2. The summed E-state index contributed by atoms with van der Waals surface area (Å²) in [5.74, 6) is -0.827. The second-order valence-corrected chi connectivity index (χ2v) is 13.1. The molecule has 0 saturated heterocycles. The predicted octanol–water partition coefficient (Wildman–Crippen LogP) is 6.36. The summed E-state index contributed by atoms with van der Waals surface area (Å²) < 4.78 is 28.8. The molecule has 0 radical (unpaired) electrons. The molecule has 0 aliphatic heterocycles. The van der Waals surface area contributed by atoms with E-state index in [9.17, 15) is 18.0 Å². The van der Waals surface area contributed by atoms with Crippen LogP contribution in [0.1, 0.15) is 50.2 Å². The van der Waals surface area contributed by atoms with E-state index in [0.717, 1.165) is 42.0 Å². The molecule has 7 nitrogen and oxygen atoms in total.